The molecule has 1 saturated heterocycles. The van der Waals surface area contributed by atoms with Crippen LogP contribution in [0.5, 0.6) is 5.75 Å². The van der Waals surface area contributed by atoms with E-state index in [0.29, 0.717) is 0 Å². The Morgan fingerprint density at radius 2 is 1.79 bits per heavy atom. The number of benzene rings is 1. The van der Waals surface area contributed by atoms with Gasteiger partial charge < -0.3 is 9.64 Å². The van der Waals surface area contributed by atoms with Crippen LogP contribution in [0.4, 0.5) is 0 Å². The van der Waals surface area contributed by atoms with Crippen LogP contribution in [0, 0.1) is 11.8 Å². The molecule has 188 valence electrons. The molecule has 3 rings (SSSR count). The summed E-state index contributed by atoms with van der Waals surface area (Å²) in [6, 6.07) is 6.53. The average Bonchev–Trinajstić information content (AvgIpc) is 2.78. The third-order valence-corrected chi connectivity index (χ3v) is 9.49. The second-order valence-electron chi connectivity index (χ2n) is 10.3. The average molecular weight is 544 g/mol. The normalized spacial score (nSPS) is 23.2. The first-order valence-corrected chi connectivity index (χ1v) is 15.4. The monoisotopic (exact) mass is 542 g/mol. The first-order chi connectivity index (χ1) is 15.7. The van der Waals surface area contributed by atoms with Gasteiger partial charge in [-0.05, 0) is 134 Å². The summed E-state index contributed by atoms with van der Waals surface area (Å²) < 4.78 is 33.5. The van der Waals surface area contributed by atoms with E-state index >= 15 is 0 Å². The summed E-state index contributed by atoms with van der Waals surface area (Å²) in [7, 11) is -3.07. The Balaban J connectivity index is 1.32. The molecule has 0 amide bonds. The van der Waals surface area contributed by atoms with Gasteiger partial charge in [0.05, 0.1) is 11.9 Å². The lowest BCUT2D eigenvalue weighted by molar-refractivity contribution is 0.174. The van der Waals surface area contributed by atoms with E-state index in [1.54, 1.807) is 6.92 Å². The maximum Gasteiger partial charge on any atom is 0.211 e. The molecule has 33 heavy (non-hydrogen) atoms. The van der Waals surface area contributed by atoms with E-state index < -0.39 is 10.0 Å². The molecule has 0 bridgehead atoms. The largest absolute Gasteiger partial charge is 0.491 e. The van der Waals surface area contributed by atoms with Crippen LogP contribution in [-0.2, 0) is 16.4 Å². The summed E-state index contributed by atoms with van der Waals surface area (Å²) in [6.45, 7) is 9.46. The number of rotatable bonds is 11. The summed E-state index contributed by atoms with van der Waals surface area (Å²) in [5.41, 5.74) is 1.36. The van der Waals surface area contributed by atoms with Crippen LogP contribution >= 0.6 is 15.9 Å². The highest BCUT2D eigenvalue weighted by Crippen LogP contribution is 2.31. The Labute approximate surface area is 210 Å². The lowest BCUT2D eigenvalue weighted by Crippen LogP contribution is -2.38. The Bertz CT molecular complexity index is 830. The third kappa shape index (κ3) is 9.15. The smallest absolute Gasteiger partial charge is 0.211 e. The van der Waals surface area contributed by atoms with Crippen LogP contribution in [0.3, 0.4) is 0 Å². The van der Waals surface area contributed by atoms with Crippen molar-refractivity contribution in [2.24, 2.45) is 11.8 Å². The maximum absolute atomic E-state index is 11.8. The van der Waals surface area contributed by atoms with Crippen molar-refractivity contribution in [3.05, 3.63) is 28.2 Å². The second-order valence-corrected chi connectivity index (χ2v) is 13.2. The molecule has 1 saturated carbocycles. The predicted molar refractivity (Wildman–Crippen MR) is 140 cm³/mol. The minimum Gasteiger partial charge on any atom is -0.491 e. The van der Waals surface area contributed by atoms with E-state index in [0.717, 1.165) is 49.7 Å². The minimum atomic E-state index is -3.07. The number of hydrogen-bond donors (Lipinski definition) is 1. The van der Waals surface area contributed by atoms with Gasteiger partial charge in [-0.2, -0.15) is 0 Å². The molecule has 1 aromatic rings. The summed E-state index contributed by atoms with van der Waals surface area (Å²) in [6.07, 6.45) is 10.7. The molecular weight excluding hydrogens is 500 g/mol. The van der Waals surface area contributed by atoms with Crippen LogP contribution in [0.25, 0.3) is 0 Å². The molecule has 0 radical (unpaired) electrons. The molecule has 2 fully saturated rings. The summed E-state index contributed by atoms with van der Waals surface area (Å²) in [5.74, 6) is 2.66. The molecule has 0 atom stereocenters. The highest BCUT2D eigenvalue weighted by atomic mass is 79.9. The number of hydrogen-bond acceptors (Lipinski definition) is 4. The Morgan fingerprint density at radius 1 is 1.09 bits per heavy atom. The van der Waals surface area contributed by atoms with Gasteiger partial charge in [0.2, 0.25) is 10.0 Å². The van der Waals surface area contributed by atoms with Crippen molar-refractivity contribution in [3.8, 4) is 5.75 Å². The third-order valence-electron chi connectivity index (χ3n) is 7.26. The number of nitrogens with one attached hydrogen (secondary N) is 1. The molecule has 0 aromatic heterocycles. The predicted octanol–water partition coefficient (Wildman–Crippen LogP) is 5.77. The van der Waals surface area contributed by atoms with Crippen molar-refractivity contribution in [1.29, 1.82) is 0 Å². The molecule has 0 unspecified atom stereocenters. The van der Waals surface area contributed by atoms with Gasteiger partial charge in [-0.15, -0.1) is 0 Å². The first-order valence-electron chi connectivity index (χ1n) is 12.9. The number of likely N-dealkylation sites (tertiary alicyclic amines) is 1. The molecule has 2 aliphatic rings. The maximum atomic E-state index is 11.8. The van der Waals surface area contributed by atoms with Gasteiger partial charge in [-0.25, -0.2) is 13.1 Å². The van der Waals surface area contributed by atoms with Crippen LogP contribution in [0.1, 0.15) is 77.7 Å². The fraction of sp³-hybridized carbons (Fsp3) is 0.769. The number of sulfonamides is 1. The lowest BCUT2D eigenvalue weighted by Gasteiger charge is -2.33. The van der Waals surface area contributed by atoms with Gasteiger partial charge in [-0.1, -0.05) is 15.9 Å². The van der Waals surface area contributed by atoms with E-state index in [1.165, 1.54) is 55.4 Å². The van der Waals surface area contributed by atoms with Gasteiger partial charge in [0.1, 0.15) is 5.75 Å². The number of ether oxygens (including phenoxy) is 1. The van der Waals surface area contributed by atoms with Crippen molar-refractivity contribution >= 4 is 26.0 Å². The van der Waals surface area contributed by atoms with E-state index in [-0.39, 0.29) is 17.9 Å². The van der Waals surface area contributed by atoms with E-state index in [4.69, 9.17) is 4.74 Å². The first kappa shape index (κ1) is 27.0. The molecule has 1 aliphatic heterocycles. The van der Waals surface area contributed by atoms with Crippen LogP contribution in [0.2, 0.25) is 0 Å². The molecule has 0 spiro atoms. The highest BCUT2D eigenvalue weighted by Gasteiger charge is 2.25. The van der Waals surface area contributed by atoms with E-state index in [9.17, 15) is 8.42 Å². The van der Waals surface area contributed by atoms with E-state index in [2.05, 4.69) is 51.5 Å². The van der Waals surface area contributed by atoms with Gasteiger partial charge in [-0.3, -0.25) is 0 Å². The Morgan fingerprint density at radius 3 is 2.42 bits per heavy atom. The summed E-state index contributed by atoms with van der Waals surface area (Å²) in [5, 5.41) is 0. The van der Waals surface area contributed by atoms with Crippen molar-refractivity contribution in [3.63, 3.8) is 0 Å². The Kier molecular flexibility index (Phi) is 10.5. The molecule has 5 nitrogen and oxygen atoms in total. The standard InChI is InChI=1S/C26H43BrN2O3S/c1-4-33(30,31)28-24-9-7-21(8-10-24)6-5-15-29-16-13-22(14-17-29)18-23-19-25(32-20(2)3)11-12-26(23)27/h11-12,19-22,24,28H,4-10,13-18H2,1-3H3/t21-,24-. The molecule has 7 heteroatoms. The van der Waals surface area contributed by atoms with Crippen molar-refractivity contribution in [1.82, 2.24) is 9.62 Å². The number of halogens is 1. The van der Waals surface area contributed by atoms with E-state index in [1.807, 2.05) is 6.07 Å². The molecular formula is C26H43BrN2O3S. The van der Waals surface area contributed by atoms with Crippen LogP contribution in [-0.4, -0.2) is 50.9 Å². The summed E-state index contributed by atoms with van der Waals surface area (Å²) in [4.78, 5) is 2.64. The van der Waals surface area contributed by atoms with Crippen molar-refractivity contribution < 1.29 is 13.2 Å². The zero-order valence-electron chi connectivity index (χ0n) is 20.7. The fourth-order valence-electron chi connectivity index (χ4n) is 5.29. The topological polar surface area (TPSA) is 58.6 Å². The zero-order chi connectivity index (χ0) is 23.8. The van der Waals surface area contributed by atoms with Gasteiger partial charge in [0, 0.05) is 10.5 Å². The van der Waals surface area contributed by atoms with Gasteiger partial charge in [0.15, 0.2) is 0 Å². The highest BCUT2D eigenvalue weighted by molar-refractivity contribution is 9.10. The lowest BCUT2D eigenvalue weighted by atomic mass is 9.83. The van der Waals surface area contributed by atoms with Gasteiger partial charge in [0.25, 0.3) is 0 Å². The van der Waals surface area contributed by atoms with Crippen molar-refractivity contribution in [2.45, 2.75) is 90.7 Å². The van der Waals surface area contributed by atoms with Crippen LogP contribution < -0.4 is 9.46 Å². The molecule has 1 heterocycles. The Hall–Kier alpha value is -0.630. The zero-order valence-corrected chi connectivity index (χ0v) is 23.1. The summed E-state index contributed by atoms with van der Waals surface area (Å²) >= 11 is 3.73. The quantitative estimate of drug-likeness (QED) is 0.385. The molecule has 1 aliphatic carbocycles. The molecule has 1 N–H and O–H groups in total. The van der Waals surface area contributed by atoms with Crippen molar-refractivity contribution in [2.75, 3.05) is 25.4 Å². The van der Waals surface area contributed by atoms with Crippen LogP contribution in [0.15, 0.2) is 22.7 Å². The molecule has 1 aromatic carbocycles. The number of piperidine rings is 1. The second kappa shape index (κ2) is 12.9. The number of nitrogens with zero attached hydrogens (tertiary/aromatic N) is 1. The fourth-order valence-corrected chi connectivity index (χ4v) is 6.61. The van der Waals surface area contributed by atoms with Gasteiger partial charge >= 0.3 is 0 Å². The minimum absolute atomic E-state index is 0.155. The SMILES string of the molecule is CCS(=O)(=O)N[C@H]1CC[C@H](CCCN2CCC(Cc3cc(OC(C)C)ccc3Br)CC2)CC1.